The maximum absolute atomic E-state index is 11.9. The van der Waals surface area contributed by atoms with Gasteiger partial charge in [0.05, 0.1) is 16.8 Å². The van der Waals surface area contributed by atoms with Gasteiger partial charge in [-0.3, -0.25) is 9.48 Å². The average Bonchev–Trinajstić information content (AvgIpc) is 2.90. The zero-order valence-corrected chi connectivity index (χ0v) is 11.7. The van der Waals surface area contributed by atoms with Gasteiger partial charge in [0.2, 0.25) is 0 Å². The predicted octanol–water partition coefficient (Wildman–Crippen LogP) is 2.04. The molecule has 0 spiro atoms. The molecular formula is C12H13ClN4OS. The summed E-state index contributed by atoms with van der Waals surface area (Å²) in [5, 5.41) is 10.8. The fraction of sp³-hybridized carbons (Fsp3) is 0.250. The highest BCUT2D eigenvalue weighted by Crippen LogP contribution is 2.19. The van der Waals surface area contributed by atoms with E-state index < -0.39 is 0 Å². The van der Waals surface area contributed by atoms with Crippen molar-refractivity contribution in [1.82, 2.24) is 20.3 Å². The van der Waals surface area contributed by atoms with Gasteiger partial charge in [0.25, 0.3) is 5.91 Å². The minimum atomic E-state index is -0.195. The SMILES string of the molecule is O=C(NCCCn1ccnn1)c1cc(S)ccc1Cl. The minimum Gasteiger partial charge on any atom is -0.352 e. The van der Waals surface area contributed by atoms with Gasteiger partial charge < -0.3 is 5.32 Å². The Balaban J connectivity index is 1.82. The number of rotatable bonds is 5. The van der Waals surface area contributed by atoms with E-state index in [-0.39, 0.29) is 5.91 Å². The van der Waals surface area contributed by atoms with Gasteiger partial charge in [0.1, 0.15) is 0 Å². The van der Waals surface area contributed by atoms with Crippen molar-refractivity contribution >= 4 is 30.1 Å². The molecule has 0 bridgehead atoms. The lowest BCUT2D eigenvalue weighted by molar-refractivity contribution is 0.0952. The third kappa shape index (κ3) is 3.97. The first-order chi connectivity index (χ1) is 9.16. The van der Waals surface area contributed by atoms with Gasteiger partial charge in [-0.2, -0.15) is 0 Å². The molecule has 0 aliphatic heterocycles. The van der Waals surface area contributed by atoms with Crippen LogP contribution in [0.4, 0.5) is 0 Å². The second kappa shape index (κ2) is 6.58. The Kier molecular flexibility index (Phi) is 4.81. The van der Waals surface area contributed by atoms with Gasteiger partial charge in [-0.1, -0.05) is 16.8 Å². The van der Waals surface area contributed by atoms with Crippen LogP contribution in [-0.2, 0) is 6.54 Å². The number of aryl methyl sites for hydroxylation is 1. The highest BCUT2D eigenvalue weighted by atomic mass is 35.5. The van der Waals surface area contributed by atoms with Crippen LogP contribution in [0.2, 0.25) is 5.02 Å². The number of hydrogen-bond donors (Lipinski definition) is 2. The van der Waals surface area contributed by atoms with Crippen molar-refractivity contribution in [2.24, 2.45) is 0 Å². The molecule has 0 saturated heterocycles. The molecule has 1 aromatic heterocycles. The van der Waals surface area contributed by atoms with E-state index in [1.54, 1.807) is 35.3 Å². The second-order valence-electron chi connectivity index (χ2n) is 3.94. The quantitative estimate of drug-likeness (QED) is 0.656. The van der Waals surface area contributed by atoms with Crippen LogP contribution >= 0.6 is 24.2 Å². The Morgan fingerprint density at radius 1 is 1.47 bits per heavy atom. The highest BCUT2D eigenvalue weighted by Gasteiger charge is 2.09. The van der Waals surface area contributed by atoms with Crippen molar-refractivity contribution in [3.63, 3.8) is 0 Å². The van der Waals surface area contributed by atoms with Crippen LogP contribution in [0.3, 0.4) is 0 Å². The van der Waals surface area contributed by atoms with E-state index in [4.69, 9.17) is 11.6 Å². The first-order valence-corrected chi connectivity index (χ1v) is 6.60. The first-order valence-electron chi connectivity index (χ1n) is 5.77. The van der Waals surface area contributed by atoms with Crippen molar-refractivity contribution in [1.29, 1.82) is 0 Å². The minimum absolute atomic E-state index is 0.195. The average molecular weight is 297 g/mol. The molecule has 2 aromatic rings. The summed E-state index contributed by atoms with van der Waals surface area (Å²) in [6.45, 7) is 1.26. The number of aromatic nitrogens is 3. The highest BCUT2D eigenvalue weighted by molar-refractivity contribution is 7.80. The van der Waals surface area contributed by atoms with E-state index in [0.29, 0.717) is 28.6 Å². The third-order valence-corrected chi connectivity index (χ3v) is 3.12. The van der Waals surface area contributed by atoms with Crippen molar-refractivity contribution in [2.45, 2.75) is 17.9 Å². The Morgan fingerprint density at radius 3 is 3.05 bits per heavy atom. The van der Waals surface area contributed by atoms with Crippen LogP contribution in [0, 0.1) is 0 Å². The first kappa shape index (κ1) is 13.9. The molecule has 7 heteroatoms. The van der Waals surface area contributed by atoms with Gasteiger partial charge in [-0.25, -0.2) is 0 Å². The standard InChI is InChI=1S/C12H13ClN4OS/c13-11-3-2-9(19)8-10(11)12(18)14-4-1-6-17-7-5-15-16-17/h2-3,5,7-8,19H,1,4,6H2,(H,14,18). The molecule has 5 nitrogen and oxygen atoms in total. The van der Waals surface area contributed by atoms with Crippen molar-refractivity contribution in [3.05, 3.63) is 41.2 Å². The Bertz CT molecular complexity index is 559. The van der Waals surface area contributed by atoms with E-state index in [1.165, 1.54) is 0 Å². The number of carbonyl (C=O) groups is 1. The zero-order valence-electron chi connectivity index (χ0n) is 10.1. The molecule has 1 heterocycles. The van der Waals surface area contributed by atoms with E-state index >= 15 is 0 Å². The van der Waals surface area contributed by atoms with Gasteiger partial charge >= 0.3 is 0 Å². The van der Waals surface area contributed by atoms with Gasteiger partial charge in [0, 0.05) is 24.2 Å². The number of carbonyl (C=O) groups excluding carboxylic acids is 1. The Labute approximate surface area is 121 Å². The van der Waals surface area contributed by atoms with Gasteiger partial charge in [0.15, 0.2) is 0 Å². The van der Waals surface area contributed by atoms with E-state index in [9.17, 15) is 4.79 Å². The largest absolute Gasteiger partial charge is 0.352 e. The summed E-state index contributed by atoms with van der Waals surface area (Å²) in [5.74, 6) is -0.195. The molecule has 2 rings (SSSR count). The zero-order chi connectivity index (χ0) is 13.7. The summed E-state index contributed by atoms with van der Waals surface area (Å²) in [6, 6.07) is 5.05. The molecule has 100 valence electrons. The summed E-state index contributed by atoms with van der Waals surface area (Å²) >= 11 is 10.2. The fourth-order valence-electron chi connectivity index (χ4n) is 1.58. The van der Waals surface area contributed by atoms with Crippen LogP contribution in [-0.4, -0.2) is 27.4 Å². The number of thiol groups is 1. The number of halogens is 1. The maximum Gasteiger partial charge on any atom is 0.252 e. The molecule has 0 unspecified atom stereocenters. The Hall–Kier alpha value is -1.53. The van der Waals surface area contributed by atoms with Crippen LogP contribution in [0.15, 0.2) is 35.5 Å². The molecule has 0 atom stereocenters. The molecule has 1 aromatic carbocycles. The smallest absolute Gasteiger partial charge is 0.252 e. The topological polar surface area (TPSA) is 59.8 Å². The van der Waals surface area contributed by atoms with E-state index in [0.717, 1.165) is 6.42 Å². The predicted molar refractivity (Wildman–Crippen MR) is 75.7 cm³/mol. The van der Waals surface area contributed by atoms with Crippen LogP contribution < -0.4 is 5.32 Å². The van der Waals surface area contributed by atoms with Crippen LogP contribution in [0.1, 0.15) is 16.8 Å². The number of hydrogen-bond acceptors (Lipinski definition) is 4. The van der Waals surface area contributed by atoms with Crippen molar-refractivity contribution in [3.8, 4) is 0 Å². The summed E-state index contributed by atoms with van der Waals surface area (Å²) < 4.78 is 1.72. The third-order valence-electron chi connectivity index (χ3n) is 2.52. The fourth-order valence-corrected chi connectivity index (χ4v) is 1.98. The number of nitrogens with zero attached hydrogens (tertiary/aromatic N) is 3. The number of nitrogens with one attached hydrogen (secondary N) is 1. The van der Waals surface area contributed by atoms with Crippen LogP contribution in [0.5, 0.6) is 0 Å². The molecule has 0 saturated carbocycles. The van der Waals surface area contributed by atoms with E-state index in [2.05, 4.69) is 28.3 Å². The summed E-state index contributed by atoms with van der Waals surface area (Å²) in [4.78, 5) is 12.6. The Morgan fingerprint density at radius 2 is 2.32 bits per heavy atom. The molecule has 0 aliphatic rings. The van der Waals surface area contributed by atoms with Gasteiger partial charge in [-0.05, 0) is 24.6 Å². The number of benzene rings is 1. The van der Waals surface area contributed by atoms with E-state index in [1.807, 2.05) is 0 Å². The second-order valence-corrected chi connectivity index (χ2v) is 4.86. The normalized spacial score (nSPS) is 10.4. The molecular weight excluding hydrogens is 284 g/mol. The summed E-state index contributed by atoms with van der Waals surface area (Å²) in [5.41, 5.74) is 0.440. The van der Waals surface area contributed by atoms with Crippen LogP contribution in [0.25, 0.3) is 0 Å². The molecule has 1 N–H and O–H groups in total. The van der Waals surface area contributed by atoms with Crippen molar-refractivity contribution in [2.75, 3.05) is 6.54 Å². The lowest BCUT2D eigenvalue weighted by Gasteiger charge is -2.07. The molecule has 19 heavy (non-hydrogen) atoms. The monoisotopic (exact) mass is 296 g/mol. The summed E-state index contributed by atoms with van der Waals surface area (Å²) in [6.07, 6.45) is 4.17. The van der Waals surface area contributed by atoms with Crippen molar-refractivity contribution < 1.29 is 4.79 Å². The molecule has 1 amide bonds. The summed E-state index contributed by atoms with van der Waals surface area (Å²) in [7, 11) is 0. The molecule has 0 aliphatic carbocycles. The molecule has 0 fully saturated rings. The number of amides is 1. The maximum atomic E-state index is 11.9. The lowest BCUT2D eigenvalue weighted by atomic mass is 10.2. The van der Waals surface area contributed by atoms with Gasteiger partial charge in [-0.15, -0.1) is 17.7 Å². The molecule has 0 radical (unpaired) electrons. The lowest BCUT2D eigenvalue weighted by Crippen LogP contribution is -2.25.